The lowest BCUT2D eigenvalue weighted by atomic mass is 10.0. The topological polar surface area (TPSA) is 76.0 Å². The molecule has 21 heavy (non-hydrogen) atoms. The Hall–Kier alpha value is -2.69. The predicted octanol–water partition coefficient (Wildman–Crippen LogP) is 2.29. The summed E-state index contributed by atoms with van der Waals surface area (Å²) in [4.78, 5) is 12.2. The number of aromatic hydroxyl groups is 2. The summed E-state index contributed by atoms with van der Waals surface area (Å²) in [5.41, 5.74) is 0.958. The van der Waals surface area contributed by atoms with E-state index in [4.69, 9.17) is 9.47 Å². The van der Waals surface area contributed by atoms with E-state index in [1.54, 1.807) is 18.2 Å². The zero-order valence-corrected chi connectivity index (χ0v) is 11.2. The standard InChI is InChI=1S/C16H14O5/c17-11-2-3-12(14(19)9-11)13(18)7-10-1-4-15-16(8-10)21-6-5-20-15/h1-4,8-9,17,19H,5-7H2. The molecule has 1 aliphatic heterocycles. The summed E-state index contributed by atoms with van der Waals surface area (Å²) < 4.78 is 10.9. The van der Waals surface area contributed by atoms with Crippen molar-refractivity contribution in [3.05, 3.63) is 47.5 Å². The molecule has 1 heterocycles. The molecule has 3 rings (SSSR count). The minimum atomic E-state index is -0.232. The molecule has 0 unspecified atom stereocenters. The van der Waals surface area contributed by atoms with Crippen molar-refractivity contribution in [2.45, 2.75) is 6.42 Å². The van der Waals surface area contributed by atoms with E-state index in [9.17, 15) is 15.0 Å². The number of carbonyl (C=O) groups is 1. The van der Waals surface area contributed by atoms with E-state index in [2.05, 4.69) is 0 Å². The Labute approximate surface area is 121 Å². The van der Waals surface area contributed by atoms with Gasteiger partial charge in [-0.3, -0.25) is 4.79 Å². The average molecular weight is 286 g/mol. The second-order valence-corrected chi connectivity index (χ2v) is 4.78. The number of Topliss-reactive ketones (excluding diaryl/α,β-unsaturated/α-hetero) is 1. The van der Waals surface area contributed by atoms with Crippen molar-refractivity contribution < 1.29 is 24.5 Å². The number of rotatable bonds is 3. The number of phenolic OH excluding ortho intramolecular Hbond substituents is 2. The van der Waals surface area contributed by atoms with Crippen molar-refractivity contribution in [2.24, 2.45) is 0 Å². The van der Waals surface area contributed by atoms with Crippen LogP contribution in [0, 0.1) is 0 Å². The van der Waals surface area contributed by atoms with Crippen LogP contribution in [-0.4, -0.2) is 29.2 Å². The Morgan fingerprint density at radius 2 is 1.76 bits per heavy atom. The fraction of sp³-hybridized carbons (Fsp3) is 0.188. The van der Waals surface area contributed by atoms with Crippen LogP contribution in [0.15, 0.2) is 36.4 Å². The minimum absolute atomic E-state index is 0.0802. The van der Waals surface area contributed by atoms with E-state index in [0.717, 1.165) is 11.6 Å². The van der Waals surface area contributed by atoms with Crippen molar-refractivity contribution in [1.29, 1.82) is 0 Å². The summed E-state index contributed by atoms with van der Waals surface area (Å²) in [7, 11) is 0. The van der Waals surface area contributed by atoms with E-state index in [0.29, 0.717) is 24.7 Å². The monoisotopic (exact) mass is 286 g/mol. The maximum absolute atomic E-state index is 12.2. The number of carbonyl (C=O) groups excluding carboxylic acids is 1. The van der Waals surface area contributed by atoms with Gasteiger partial charge in [-0.15, -0.1) is 0 Å². The lowest BCUT2D eigenvalue weighted by molar-refractivity contribution is 0.0990. The van der Waals surface area contributed by atoms with Gasteiger partial charge in [0.25, 0.3) is 0 Å². The van der Waals surface area contributed by atoms with Crippen molar-refractivity contribution >= 4 is 5.78 Å². The Morgan fingerprint density at radius 3 is 2.52 bits per heavy atom. The highest BCUT2D eigenvalue weighted by atomic mass is 16.6. The Balaban J connectivity index is 1.81. The van der Waals surface area contributed by atoms with Gasteiger partial charge < -0.3 is 19.7 Å². The summed E-state index contributed by atoms with van der Waals surface area (Å²) in [6, 6.07) is 9.26. The molecular weight excluding hydrogens is 272 g/mol. The number of phenols is 2. The molecule has 0 aliphatic carbocycles. The summed E-state index contributed by atoms with van der Waals surface area (Å²) >= 11 is 0. The van der Waals surface area contributed by atoms with Crippen molar-refractivity contribution in [2.75, 3.05) is 13.2 Å². The highest BCUT2D eigenvalue weighted by Gasteiger charge is 2.16. The molecule has 5 nitrogen and oxygen atoms in total. The molecule has 2 N–H and O–H groups in total. The van der Waals surface area contributed by atoms with Crippen molar-refractivity contribution in [3.8, 4) is 23.0 Å². The smallest absolute Gasteiger partial charge is 0.170 e. The zero-order chi connectivity index (χ0) is 14.8. The van der Waals surface area contributed by atoms with Crippen LogP contribution in [0.5, 0.6) is 23.0 Å². The highest BCUT2D eigenvalue weighted by molar-refractivity contribution is 6.00. The zero-order valence-electron chi connectivity index (χ0n) is 11.2. The largest absolute Gasteiger partial charge is 0.508 e. The lowest BCUT2D eigenvalue weighted by Crippen LogP contribution is -2.15. The fourth-order valence-electron chi connectivity index (χ4n) is 2.23. The first-order chi connectivity index (χ1) is 10.1. The number of benzene rings is 2. The molecule has 1 aliphatic rings. The predicted molar refractivity (Wildman–Crippen MR) is 75.2 cm³/mol. The third-order valence-electron chi connectivity index (χ3n) is 3.25. The molecule has 0 amide bonds. The summed E-state index contributed by atoms with van der Waals surface area (Å²) in [6.45, 7) is 1.01. The van der Waals surface area contributed by atoms with E-state index in [1.165, 1.54) is 12.1 Å². The van der Waals surface area contributed by atoms with Crippen LogP contribution >= 0.6 is 0 Å². The van der Waals surface area contributed by atoms with Crippen LogP contribution in [0.25, 0.3) is 0 Å². The van der Waals surface area contributed by atoms with Crippen molar-refractivity contribution in [1.82, 2.24) is 0 Å². The van der Waals surface area contributed by atoms with Crippen LogP contribution in [0.2, 0.25) is 0 Å². The first-order valence-electron chi connectivity index (χ1n) is 6.57. The van der Waals surface area contributed by atoms with Crippen LogP contribution < -0.4 is 9.47 Å². The van der Waals surface area contributed by atoms with Gasteiger partial charge in [0, 0.05) is 12.5 Å². The Morgan fingerprint density at radius 1 is 1.00 bits per heavy atom. The van der Waals surface area contributed by atoms with Gasteiger partial charge in [-0.1, -0.05) is 6.07 Å². The molecule has 0 fully saturated rings. The summed E-state index contributed by atoms with van der Waals surface area (Å²) in [5, 5.41) is 18.9. The SMILES string of the molecule is O=C(Cc1ccc2c(c1)OCCO2)c1ccc(O)cc1O. The first-order valence-corrected chi connectivity index (χ1v) is 6.57. The fourth-order valence-corrected chi connectivity index (χ4v) is 2.23. The second kappa shape index (κ2) is 5.36. The number of ketones is 1. The average Bonchev–Trinajstić information content (AvgIpc) is 2.47. The quantitative estimate of drug-likeness (QED) is 0.847. The highest BCUT2D eigenvalue weighted by Crippen LogP contribution is 2.31. The van der Waals surface area contributed by atoms with Crippen LogP contribution in [0.1, 0.15) is 15.9 Å². The number of ether oxygens (including phenoxy) is 2. The Bertz CT molecular complexity index is 693. The normalized spacial score (nSPS) is 13.0. The molecule has 0 aromatic heterocycles. The molecule has 0 atom stereocenters. The van der Waals surface area contributed by atoms with Gasteiger partial charge in [-0.25, -0.2) is 0 Å². The van der Waals surface area contributed by atoms with Crippen molar-refractivity contribution in [3.63, 3.8) is 0 Å². The van der Waals surface area contributed by atoms with Gasteiger partial charge in [0.15, 0.2) is 17.3 Å². The number of hydrogen-bond donors (Lipinski definition) is 2. The van der Waals surface area contributed by atoms with Crippen LogP contribution in [0.4, 0.5) is 0 Å². The van der Waals surface area contributed by atoms with E-state index in [-0.39, 0.29) is 29.3 Å². The number of hydrogen-bond acceptors (Lipinski definition) is 5. The van der Waals surface area contributed by atoms with Gasteiger partial charge in [0.1, 0.15) is 24.7 Å². The van der Waals surface area contributed by atoms with Crippen LogP contribution in [0.3, 0.4) is 0 Å². The van der Waals surface area contributed by atoms with Gasteiger partial charge in [-0.05, 0) is 29.8 Å². The maximum Gasteiger partial charge on any atom is 0.170 e. The van der Waals surface area contributed by atoms with E-state index >= 15 is 0 Å². The molecule has 0 radical (unpaired) electrons. The molecule has 0 spiro atoms. The van der Waals surface area contributed by atoms with Gasteiger partial charge in [-0.2, -0.15) is 0 Å². The minimum Gasteiger partial charge on any atom is -0.508 e. The van der Waals surface area contributed by atoms with Crippen LogP contribution in [-0.2, 0) is 6.42 Å². The number of fused-ring (bicyclic) bond motifs is 1. The van der Waals surface area contributed by atoms with Gasteiger partial charge in [0.05, 0.1) is 5.56 Å². The van der Waals surface area contributed by atoms with E-state index in [1.807, 2.05) is 0 Å². The second-order valence-electron chi connectivity index (χ2n) is 4.78. The molecule has 5 heteroatoms. The Kier molecular flexibility index (Phi) is 3.39. The molecular formula is C16H14O5. The maximum atomic E-state index is 12.2. The lowest BCUT2D eigenvalue weighted by Gasteiger charge is -2.18. The third-order valence-corrected chi connectivity index (χ3v) is 3.25. The summed E-state index contributed by atoms with van der Waals surface area (Å²) in [6.07, 6.45) is 0.134. The summed E-state index contributed by atoms with van der Waals surface area (Å²) in [5.74, 6) is 0.761. The van der Waals surface area contributed by atoms with Gasteiger partial charge in [0.2, 0.25) is 0 Å². The molecule has 2 aromatic carbocycles. The third kappa shape index (κ3) is 2.76. The van der Waals surface area contributed by atoms with Gasteiger partial charge >= 0.3 is 0 Å². The first kappa shape index (κ1) is 13.3. The molecule has 0 bridgehead atoms. The molecule has 0 saturated carbocycles. The van der Waals surface area contributed by atoms with E-state index < -0.39 is 0 Å². The molecule has 0 saturated heterocycles. The molecule has 108 valence electrons. The molecule has 2 aromatic rings.